The molecular formula is C136H138Cl3N5OS5. The average molecular weight is 2130 g/mol. The minimum absolute atomic E-state index is 0.179. The number of anilines is 5. The normalized spacial score (nSPS) is 19.1. The van der Waals surface area contributed by atoms with Crippen LogP contribution in [-0.2, 0) is 91.3 Å². The molecule has 5 N–H and O–H groups in total. The van der Waals surface area contributed by atoms with Crippen LogP contribution in [0.4, 0.5) is 28.4 Å². The molecule has 0 fully saturated rings. The summed E-state index contributed by atoms with van der Waals surface area (Å²) in [4.78, 5) is 6.23. The summed E-state index contributed by atoms with van der Waals surface area (Å²) in [6, 6.07) is 115. The van der Waals surface area contributed by atoms with E-state index < -0.39 is 0 Å². The number of ether oxygens (including phenoxy) is 1. The van der Waals surface area contributed by atoms with E-state index in [-0.39, 0.29) is 27.1 Å². The van der Waals surface area contributed by atoms with Crippen LogP contribution in [0.25, 0.3) is 10.8 Å². The van der Waals surface area contributed by atoms with Gasteiger partial charge in [0.2, 0.25) is 0 Å². The van der Waals surface area contributed by atoms with Gasteiger partial charge in [-0.05, 0) is 435 Å². The van der Waals surface area contributed by atoms with E-state index in [9.17, 15) is 0 Å². The van der Waals surface area contributed by atoms with Crippen LogP contribution in [0.5, 0.6) is 5.75 Å². The van der Waals surface area contributed by atoms with E-state index in [4.69, 9.17) is 39.5 Å². The minimum Gasteiger partial charge on any atom is -0.497 e. The van der Waals surface area contributed by atoms with Crippen molar-refractivity contribution in [3.63, 3.8) is 0 Å². The first-order chi connectivity index (χ1) is 73.4. The van der Waals surface area contributed by atoms with E-state index in [2.05, 4.69) is 341 Å². The fourth-order valence-corrected chi connectivity index (χ4v) is 33.2. The Kier molecular flexibility index (Phi) is 31.7. The molecule has 150 heavy (non-hydrogen) atoms. The highest BCUT2D eigenvalue weighted by atomic mass is 35.5. The molecule has 5 atom stereocenters. The second-order valence-corrected chi connectivity index (χ2v) is 50.1. The van der Waals surface area contributed by atoms with Gasteiger partial charge in [-0.1, -0.05) is 241 Å². The predicted octanol–water partition coefficient (Wildman–Crippen LogP) is 35.3. The van der Waals surface area contributed by atoms with Crippen molar-refractivity contribution in [2.75, 3.05) is 95.2 Å². The maximum atomic E-state index is 6.32. The van der Waals surface area contributed by atoms with E-state index in [0.29, 0.717) is 0 Å². The van der Waals surface area contributed by atoms with Crippen LogP contribution in [0.1, 0.15) is 209 Å². The Morgan fingerprint density at radius 2 is 0.473 bits per heavy atom. The lowest BCUT2D eigenvalue weighted by molar-refractivity contribution is 0.414. The van der Waals surface area contributed by atoms with Crippen LogP contribution < -0.4 is 31.3 Å². The zero-order valence-electron chi connectivity index (χ0n) is 87.8. The zero-order chi connectivity index (χ0) is 103. The number of hydrogen-bond acceptors (Lipinski definition) is 11. The molecule has 10 aliphatic rings. The first-order valence-corrected chi connectivity index (χ1v) is 60.8. The third kappa shape index (κ3) is 20.8. The van der Waals surface area contributed by atoms with Crippen molar-refractivity contribution in [3.05, 3.63) is 475 Å². The summed E-state index contributed by atoms with van der Waals surface area (Å²) in [5.74, 6) is 6.04. The molecule has 0 saturated carbocycles. The number of nitrogens with one attached hydrogen (secondary N) is 5. The summed E-state index contributed by atoms with van der Waals surface area (Å²) in [5, 5.41) is 23.8. The third-order valence-corrected chi connectivity index (χ3v) is 40.8. The molecule has 0 aromatic heterocycles. The largest absolute Gasteiger partial charge is 0.497 e. The Bertz CT molecular complexity index is 7430. The third-order valence-electron chi connectivity index (χ3n) is 34.5. The number of hydrogen-bond donors (Lipinski definition) is 5. The summed E-state index contributed by atoms with van der Waals surface area (Å²) in [5.41, 5.74) is 47.8. The molecule has 0 unspecified atom stereocenters. The van der Waals surface area contributed by atoms with Gasteiger partial charge in [-0.2, -0.15) is 0 Å². The fourth-order valence-electron chi connectivity index (χ4n) is 28.4. The first-order valence-electron chi connectivity index (χ1n) is 54.7. The molecule has 26 rings (SSSR count). The van der Waals surface area contributed by atoms with Crippen LogP contribution in [0, 0.1) is 41.5 Å². The Morgan fingerprint density at radius 3 is 0.767 bits per heavy atom. The molecule has 0 amide bonds. The highest BCUT2D eigenvalue weighted by Crippen LogP contribution is 2.62. The molecule has 0 aliphatic heterocycles. The number of fused-ring (bicyclic) bond motifs is 21. The second-order valence-electron chi connectivity index (χ2n) is 43.0. The standard InChI is InChI=1S/C30H29NS.C27H29NOS.C27H29NS.C26H25Cl2NS.C26H26ClNS/c1-21-6-4-9-23-14-16-30(28(21)23)17-15-24-10-5-11-27(29(24)30)31-18-19-32-26-13-12-22-7-2-3-8-25(22)20-26;1-19-5-3-6-20-13-15-27(25(19)20)16-14-21-7-4-8-24(26(21)27)28-17-18-30-23-11-9-22(29-2)10-12-23;1-19-9-11-23(12-10-19)29-18-17-28-24-8-4-7-22-14-16-27(26(22)24)15-13-21-6-3-5-20(2)25(21)27;1-17-5-2-6-18-11-13-26(23(17)18)14-12-19-7-3-10-22(24(19)26)29-15-16-30-25-20(27)8-4-9-21(25)28;1-18-4-2-5-19-12-14-26(24(18)19)15-13-20-6-3-7-23(25(20)26)28-16-17-29-22-10-8-21(27)9-11-22/h2-13,20,31H,14-19H2,1H3;3-12,28H,13-18H2,1-2H3;3-12,28H,13-18H2,1-2H3;2-10,29H,11-16H2,1H3;2-11,28H,12-17H2,1H3/t30-;2*27-;2*26-/m11111/s1. The number of methoxy groups -OCH3 is 1. The SMILES string of the molecule is COc1ccc(SCCNc2cccc3c2[C@]2(CCc4cccc(C)c42)CC3)cc1.Cc1ccc(SCCNc2cccc3c2[C@]2(CCc4cccc(C)c42)CC3)cc1.Cc1cccc2c1[C@@]1(CC2)CCc2cccc(NCCSc3c(Cl)cccc3Cl)c21.Cc1cccc2c1[C@@]1(CC2)CCc2cccc(NCCSc3ccc(Cl)cc3)c21.Cc1cccc2c1[C@@]1(CC2)CCc2cccc(NCCSc3ccc4ccccc4c3)c21. The molecule has 764 valence electrons. The second kappa shape index (κ2) is 45.8. The van der Waals surface area contributed by atoms with E-state index in [1.165, 1.54) is 232 Å². The topological polar surface area (TPSA) is 69.4 Å². The number of thioether (sulfide) groups is 5. The highest BCUT2D eigenvalue weighted by molar-refractivity contribution is 8.00. The van der Waals surface area contributed by atoms with Gasteiger partial charge in [-0.15, -0.1) is 58.8 Å². The number of aryl methyl sites for hydroxylation is 16. The van der Waals surface area contributed by atoms with Gasteiger partial charge in [0.25, 0.3) is 0 Å². The first kappa shape index (κ1) is 104. The smallest absolute Gasteiger partial charge is 0.118 e. The summed E-state index contributed by atoms with van der Waals surface area (Å²) >= 11 is 28.0. The molecule has 5 spiro atoms. The van der Waals surface area contributed by atoms with Crippen molar-refractivity contribution in [3.8, 4) is 5.75 Å². The van der Waals surface area contributed by atoms with E-state index in [1.54, 1.807) is 119 Å². The fraction of sp³-hybridized carbons (Fsp3) is 0.309. The molecule has 0 radical (unpaired) electrons. The quantitative estimate of drug-likeness (QED) is 0.0266. The Labute approximate surface area is 927 Å². The maximum Gasteiger partial charge on any atom is 0.118 e. The molecule has 16 aromatic rings. The lowest BCUT2D eigenvalue weighted by Crippen LogP contribution is -2.24. The molecule has 10 aliphatic carbocycles. The Balaban J connectivity index is 0.000000106. The minimum atomic E-state index is 0.179. The number of halogens is 3. The van der Waals surface area contributed by atoms with Crippen molar-refractivity contribution >= 4 is 133 Å². The van der Waals surface area contributed by atoms with Crippen molar-refractivity contribution in [2.24, 2.45) is 0 Å². The predicted molar refractivity (Wildman–Crippen MR) is 647 cm³/mol. The highest BCUT2D eigenvalue weighted by Gasteiger charge is 2.53. The summed E-state index contributed by atoms with van der Waals surface area (Å²) in [6.45, 7) is 18.4. The van der Waals surface area contributed by atoms with Crippen LogP contribution in [0.2, 0.25) is 15.1 Å². The molecule has 14 heteroatoms. The number of benzene rings is 16. The lowest BCUT2D eigenvalue weighted by Gasteiger charge is -2.30. The van der Waals surface area contributed by atoms with Gasteiger partial charge >= 0.3 is 0 Å². The molecule has 0 saturated heterocycles. The van der Waals surface area contributed by atoms with E-state index >= 15 is 0 Å². The van der Waals surface area contributed by atoms with Gasteiger partial charge in [0.15, 0.2) is 0 Å². The molecule has 16 aromatic carbocycles. The van der Waals surface area contributed by atoms with Crippen LogP contribution in [-0.4, -0.2) is 68.6 Å². The average Bonchev–Trinajstić information content (AvgIpc) is 1.58. The molecular weight excluding hydrogens is 1990 g/mol. The summed E-state index contributed by atoms with van der Waals surface area (Å²) in [6.07, 6.45) is 24.5. The summed E-state index contributed by atoms with van der Waals surface area (Å²) in [7, 11) is 1.71. The van der Waals surface area contributed by atoms with Gasteiger partial charge < -0.3 is 31.3 Å². The van der Waals surface area contributed by atoms with Gasteiger partial charge in [0.1, 0.15) is 5.75 Å². The van der Waals surface area contributed by atoms with Gasteiger partial charge in [-0.3, -0.25) is 0 Å². The van der Waals surface area contributed by atoms with Crippen molar-refractivity contribution < 1.29 is 4.74 Å². The van der Waals surface area contributed by atoms with Gasteiger partial charge in [0.05, 0.1) is 17.2 Å². The number of rotatable bonds is 26. The van der Waals surface area contributed by atoms with Crippen LogP contribution in [0.15, 0.2) is 340 Å². The van der Waals surface area contributed by atoms with Crippen molar-refractivity contribution in [1.82, 2.24) is 0 Å². The zero-order valence-corrected chi connectivity index (χ0v) is 94.2. The molecule has 0 bridgehead atoms. The van der Waals surface area contributed by atoms with Crippen LogP contribution >= 0.6 is 93.6 Å². The molecule has 6 nitrogen and oxygen atoms in total. The van der Waals surface area contributed by atoms with Gasteiger partial charge in [0, 0.05) is 146 Å². The maximum absolute atomic E-state index is 6.32. The van der Waals surface area contributed by atoms with Crippen LogP contribution in [0.3, 0.4) is 0 Å². The van der Waals surface area contributed by atoms with Crippen molar-refractivity contribution in [1.29, 1.82) is 0 Å². The molecule has 0 heterocycles. The van der Waals surface area contributed by atoms with E-state index in [1.807, 2.05) is 89.5 Å². The van der Waals surface area contributed by atoms with Crippen molar-refractivity contribution in [2.45, 2.75) is 222 Å². The van der Waals surface area contributed by atoms with E-state index in [0.717, 1.165) is 87.2 Å². The lowest BCUT2D eigenvalue weighted by atomic mass is 9.74. The Morgan fingerprint density at radius 1 is 0.233 bits per heavy atom. The monoisotopic (exact) mass is 2120 g/mol. The van der Waals surface area contributed by atoms with Gasteiger partial charge in [-0.25, -0.2) is 0 Å². The Hall–Kier alpha value is -10.8. The summed E-state index contributed by atoms with van der Waals surface area (Å²) < 4.78 is 5.25.